The average Bonchev–Trinajstić information content (AvgIpc) is 3.26. The number of carboxylic acid groups (broad SMARTS) is 1. The first-order valence-corrected chi connectivity index (χ1v) is 12.7. The van der Waals surface area contributed by atoms with Crippen LogP contribution in [0.15, 0.2) is 36.4 Å². The largest absolute Gasteiger partial charge is 0.495 e. The predicted molar refractivity (Wildman–Crippen MR) is 137 cm³/mol. The molecule has 0 bridgehead atoms. The lowest BCUT2D eigenvalue weighted by atomic mass is 9.82. The number of ether oxygens (including phenoxy) is 2. The summed E-state index contributed by atoms with van der Waals surface area (Å²) in [6.45, 7) is 0.0230. The number of carbonyl (C=O) groups is 4. The van der Waals surface area contributed by atoms with Gasteiger partial charge < -0.3 is 24.8 Å². The second-order valence-electron chi connectivity index (χ2n) is 9.16. The highest BCUT2D eigenvalue weighted by Crippen LogP contribution is 2.43. The first-order valence-electron chi connectivity index (χ1n) is 11.9. The van der Waals surface area contributed by atoms with E-state index in [0.29, 0.717) is 47.5 Å². The Morgan fingerprint density at radius 3 is 2.68 bits per heavy atom. The van der Waals surface area contributed by atoms with Gasteiger partial charge in [0.05, 0.1) is 29.4 Å². The number of fused-ring (bicyclic) bond motifs is 2. The molecule has 1 fully saturated rings. The van der Waals surface area contributed by atoms with Gasteiger partial charge in [0.1, 0.15) is 34.5 Å². The summed E-state index contributed by atoms with van der Waals surface area (Å²) >= 11 is 1.15. The Kier molecular flexibility index (Phi) is 6.66. The van der Waals surface area contributed by atoms with Crippen LogP contribution in [0.1, 0.15) is 40.0 Å². The summed E-state index contributed by atoms with van der Waals surface area (Å²) in [4.78, 5) is 51.3. The number of nitrogens with one attached hydrogen (secondary N) is 2. The van der Waals surface area contributed by atoms with Gasteiger partial charge in [-0.15, -0.1) is 11.3 Å². The molecule has 3 amide bonds. The number of nitrogens with zero attached hydrogens (tertiary/aromatic N) is 1. The molecule has 1 aromatic heterocycles. The van der Waals surface area contributed by atoms with E-state index in [-0.39, 0.29) is 34.2 Å². The maximum absolute atomic E-state index is 13.8. The number of anilines is 1. The van der Waals surface area contributed by atoms with Gasteiger partial charge in [0.15, 0.2) is 5.78 Å². The van der Waals surface area contributed by atoms with Gasteiger partial charge in [-0.25, -0.2) is 9.18 Å². The Morgan fingerprint density at radius 2 is 1.97 bits per heavy atom. The fourth-order valence-corrected chi connectivity index (χ4v) is 6.06. The molecule has 5 rings (SSSR count). The van der Waals surface area contributed by atoms with Crippen LogP contribution in [-0.2, 0) is 4.79 Å². The number of carboxylic acids is 1. The predicted octanol–water partition coefficient (Wildman–Crippen LogP) is 3.90. The van der Waals surface area contributed by atoms with E-state index in [4.69, 9.17) is 14.6 Å². The topological polar surface area (TPSA) is 134 Å². The summed E-state index contributed by atoms with van der Waals surface area (Å²) in [7, 11) is 1.50. The van der Waals surface area contributed by atoms with Gasteiger partial charge >= 0.3 is 12.0 Å². The van der Waals surface area contributed by atoms with Gasteiger partial charge in [0.25, 0.3) is 5.91 Å². The number of likely N-dealkylation sites (tertiary alicyclic amines) is 1. The number of methoxy groups -OCH3 is 1. The van der Waals surface area contributed by atoms with E-state index < -0.39 is 30.0 Å². The van der Waals surface area contributed by atoms with Crippen LogP contribution in [0.2, 0.25) is 0 Å². The Balaban J connectivity index is 1.39. The van der Waals surface area contributed by atoms with Crippen molar-refractivity contribution in [3.05, 3.63) is 53.3 Å². The van der Waals surface area contributed by atoms with Crippen molar-refractivity contribution in [1.29, 1.82) is 0 Å². The molecule has 2 aliphatic heterocycles. The van der Waals surface area contributed by atoms with Gasteiger partial charge in [-0.2, -0.15) is 0 Å². The van der Waals surface area contributed by atoms with E-state index in [0.717, 1.165) is 11.3 Å². The van der Waals surface area contributed by atoms with Crippen molar-refractivity contribution in [2.45, 2.75) is 24.9 Å². The van der Waals surface area contributed by atoms with Crippen LogP contribution in [0.4, 0.5) is 14.2 Å². The van der Waals surface area contributed by atoms with Gasteiger partial charge in [-0.1, -0.05) is 12.1 Å². The minimum atomic E-state index is -1.20. The molecule has 0 unspecified atom stereocenters. The number of ketones is 1. The lowest BCUT2D eigenvalue weighted by molar-refractivity contribution is -0.135. The molecule has 0 saturated carbocycles. The van der Waals surface area contributed by atoms with Crippen molar-refractivity contribution in [3.8, 4) is 11.5 Å². The molecule has 1 spiro atoms. The molecule has 12 heteroatoms. The molecule has 2 aliphatic rings. The molecule has 3 N–H and O–H groups in total. The quantitative estimate of drug-likeness (QED) is 0.446. The molecule has 0 radical (unpaired) electrons. The van der Waals surface area contributed by atoms with Crippen molar-refractivity contribution in [2.24, 2.45) is 0 Å². The van der Waals surface area contributed by atoms with Gasteiger partial charge in [0.2, 0.25) is 0 Å². The molecule has 198 valence electrons. The van der Waals surface area contributed by atoms with Crippen LogP contribution >= 0.6 is 11.3 Å². The Hall–Kier alpha value is -4.19. The Labute approximate surface area is 220 Å². The maximum atomic E-state index is 13.8. The Bertz CT molecular complexity index is 1460. The normalized spacial score (nSPS) is 16.1. The molecule has 1 saturated heterocycles. The van der Waals surface area contributed by atoms with E-state index >= 15 is 0 Å². The highest BCUT2D eigenvalue weighted by molar-refractivity contribution is 7.23. The van der Waals surface area contributed by atoms with Gasteiger partial charge in [-0.05, 0) is 24.3 Å². The summed E-state index contributed by atoms with van der Waals surface area (Å²) in [5, 5.41) is 14.5. The number of thiophene rings is 1. The third-order valence-corrected chi connectivity index (χ3v) is 7.89. The lowest BCUT2D eigenvalue weighted by Gasteiger charge is -2.44. The minimum absolute atomic E-state index is 0.0978. The monoisotopic (exact) mass is 541 g/mol. The van der Waals surface area contributed by atoms with Crippen molar-refractivity contribution < 1.29 is 38.1 Å². The van der Waals surface area contributed by atoms with Crippen LogP contribution in [0, 0.1) is 5.82 Å². The number of aliphatic carboxylic acids is 1. The SMILES string of the molecule is COc1cccc2c(C(=O)N3CCC4(CC3)CC(=O)c3cc(F)ccc3O4)c(NC(=O)NCC(=O)O)sc12. The highest BCUT2D eigenvalue weighted by Gasteiger charge is 2.44. The molecule has 0 aliphatic carbocycles. The number of hydrogen-bond acceptors (Lipinski definition) is 7. The second-order valence-corrected chi connectivity index (χ2v) is 10.2. The summed E-state index contributed by atoms with van der Waals surface area (Å²) in [6.07, 6.45) is 0.893. The molecule has 10 nitrogen and oxygen atoms in total. The third-order valence-electron chi connectivity index (χ3n) is 6.75. The molecular formula is C26H24FN3O7S. The van der Waals surface area contributed by atoms with Crippen LogP contribution in [0.3, 0.4) is 0 Å². The second kappa shape index (κ2) is 9.93. The van der Waals surface area contributed by atoms with Crippen LogP contribution in [-0.4, -0.2) is 66.0 Å². The zero-order valence-corrected chi connectivity index (χ0v) is 21.2. The number of piperidine rings is 1. The standard InChI is InChI=1S/C26H24FN3O7S/c1-36-19-4-2-3-15-21(23(38-22(15)19)29-25(35)28-13-20(32)33)24(34)30-9-7-26(8-10-30)12-17(31)16-11-14(27)5-6-18(16)37-26/h2-6,11H,7-10,12-13H2,1H3,(H,32,33)(H2,28,29,35). The number of halogens is 1. The van der Waals surface area contributed by atoms with Crippen LogP contribution in [0.25, 0.3) is 10.1 Å². The number of rotatable bonds is 5. The number of amides is 3. The minimum Gasteiger partial charge on any atom is -0.495 e. The summed E-state index contributed by atoms with van der Waals surface area (Å²) in [5.41, 5.74) is -0.285. The smallest absolute Gasteiger partial charge is 0.323 e. The number of urea groups is 1. The summed E-state index contributed by atoms with van der Waals surface area (Å²) in [6, 6.07) is 8.37. The fourth-order valence-electron chi connectivity index (χ4n) is 4.88. The van der Waals surface area contributed by atoms with E-state index in [1.807, 2.05) is 0 Å². The van der Waals surface area contributed by atoms with Crippen LogP contribution < -0.4 is 20.1 Å². The van der Waals surface area contributed by atoms with Gasteiger partial charge in [0, 0.05) is 31.3 Å². The molecule has 3 aromatic rings. The van der Waals surface area contributed by atoms with E-state index in [9.17, 15) is 23.6 Å². The number of benzene rings is 2. The average molecular weight is 542 g/mol. The third kappa shape index (κ3) is 4.74. The molecular weight excluding hydrogens is 517 g/mol. The van der Waals surface area contributed by atoms with Crippen LogP contribution in [0.5, 0.6) is 11.5 Å². The van der Waals surface area contributed by atoms with E-state index in [1.165, 1.54) is 25.3 Å². The van der Waals surface area contributed by atoms with Crippen molar-refractivity contribution >= 4 is 50.1 Å². The Morgan fingerprint density at radius 1 is 1.21 bits per heavy atom. The summed E-state index contributed by atoms with van der Waals surface area (Å²) in [5.74, 6) is -1.34. The fraction of sp³-hybridized carbons (Fsp3) is 0.308. The number of hydrogen-bond donors (Lipinski definition) is 3. The molecule has 38 heavy (non-hydrogen) atoms. The number of Topliss-reactive ketones (excluding diaryl/α,β-unsaturated/α-hetero) is 1. The first-order chi connectivity index (χ1) is 18.2. The lowest BCUT2D eigenvalue weighted by Crippen LogP contribution is -2.52. The maximum Gasteiger partial charge on any atom is 0.323 e. The zero-order chi connectivity index (χ0) is 27.0. The number of carbonyl (C=O) groups excluding carboxylic acids is 3. The zero-order valence-electron chi connectivity index (χ0n) is 20.3. The van der Waals surface area contributed by atoms with Crippen molar-refractivity contribution in [2.75, 3.05) is 32.1 Å². The molecule has 3 heterocycles. The van der Waals surface area contributed by atoms with Gasteiger partial charge in [-0.3, -0.25) is 19.7 Å². The summed E-state index contributed by atoms with van der Waals surface area (Å²) < 4.78 is 25.9. The van der Waals surface area contributed by atoms with Crippen molar-refractivity contribution in [3.63, 3.8) is 0 Å². The molecule has 2 aromatic carbocycles. The first kappa shape index (κ1) is 25.5. The molecule has 0 atom stereocenters. The van der Waals surface area contributed by atoms with E-state index in [2.05, 4.69) is 10.6 Å². The van der Waals surface area contributed by atoms with Crippen molar-refractivity contribution in [1.82, 2.24) is 10.2 Å². The highest BCUT2D eigenvalue weighted by atomic mass is 32.1. The van der Waals surface area contributed by atoms with E-state index in [1.54, 1.807) is 23.1 Å².